The van der Waals surface area contributed by atoms with Crippen LogP contribution < -0.4 is 10.1 Å². The summed E-state index contributed by atoms with van der Waals surface area (Å²) < 4.78 is 10.5. The molecule has 0 spiro atoms. The minimum atomic E-state index is -0.557. The van der Waals surface area contributed by atoms with Crippen molar-refractivity contribution in [3.05, 3.63) is 17.7 Å². The first-order chi connectivity index (χ1) is 10.0. The van der Waals surface area contributed by atoms with Crippen LogP contribution in [0.3, 0.4) is 0 Å². The van der Waals surface area contributed by atoms with Crippen molar-refractivity contribution >= 4 is 11.6 Å². The van der Waals surface area contributed by atoms with E-state index in [0.717, 1.165) is 0 Å². The molecule has 0 bridgehead atoms. The minimum Gasteiger partial charge on any atom is -0.504 e. The fourth-order valence-corrected chi connectivity index (χ4v) is 3.01. The molecule has 0 radical (unpaired) electrons. The molecule has 1 fully saturated rings. The Hall–Kier alpha value is -1.99. The molecule has 1 amide bonds. The molecule has 1 aromatic rings. The first-order valence-electron chi connectivity index (χ1n) is 6.74. The highest BCUT2D eigenvalue weighted by molar-refractivity contribution is 6.01. The van der Waals surface area contributed by atoms with E-state index in [2.05, 4.69) is 5.32 Å². The smallest absolute Gasteiger partial charge is 0.256 e. The monoisotopic (exact) mass is 294 g/mol. The molecule has 2 aliphatic rings. The van der Waals surface area contributed by atoms with E-state index in [0.29, 0.717) is 17.7 Å². The molecule has 3 rings (SSSR count). The van der Waals surface area contributed by atoms with E-state index >= 15 is 0 Å². The molecule has 21 heavy (non-hydrogen) atoms. The predicted molar refractivity (Wildman–Crippen MR) is 74.5 cm³/mol. The number of phenolic OH excluding ortho intramolecular Hbond substituents is 1. The molecule has 3 N–H and O–H groups in total. The lowest BCUT2D eigenvalue weighted by atomic mass is 10.1. The van der Waals surface area contributed by atoms with E-state index < -0.39 is 12.3 Å². The van der Waals surface area contributed by atoms with Crippen LogP contribution in [0.25, 0.3) is 0 Å². The number of hydrogen-bond donors (Lipinski definition) is 3. The molecule has 1 aromatic carbocycles. The van der Waals surface area contributed by atoms with Crippen LogP contribution in [0.1, 0.15) is 16.8 Å². The zero-order chi connectivity index (χ0) is 15.1. The van der Waals surface area contributed by atoms with Gasteiger partial charge in [0.15, 0.2) is 11.5 Å². The third kappa shape index (κ3) is 2.18. The van der Waals surface area contributed by atoms with Crippen molar-refractivity contribution in [3.8, 4) is 11.5 Å². The van der Waals surface area contributed by atoms with Crippen LogP contribution in [0.2, 0.25) is 0 Å². The number of aliphatic hydroxyl groups excluding tert-OH is 1. The maximum absolute atomic E-state index is 12.7. The molecule has 1 saturated heterocycles. The van der Waals surface area contributed by atoms with Gasteiger partial charge >= 0.3 is 0 Å². The number of methoxy groups -OCH3 is 2. The number of ether oxygens (including phenoxy) is 2. The average molecular weight is 294 g/mol. The zero-order valence-electron chi connectivity index (χ0n) is 11.9. The molecule has 3 atom stereocenters. The molecule has 0 saturated carbocycles. The van der Waals surface area contributed by atoms with Crippen LogP contribution in [0, 0.1) is 0 Å². The highest BCUT2D eigenvalue weighted by Gasteiger charge is 2.43. The molecule has 2 aliphatic heterocycles. The van der Waals surface area contributed by atoms with Gasteiger partial charge in [-0.1, -0.05) is 0 Å². The van der Waals surface area contributed by atoms with Crippen molar-refractivity contribution < 1.29 is 24.5 Å². The second kappa shape index (κ2) is 5.09. The van der Waals surface area contributed by atoms with Crippen LogP contribution in [-0.4, -0.2) is 60.2 Å². The second-order valence-electron chi connectivity index (χ2n) is 5.28. The number of hydrogen-bond acceptors (Lipinski definition) is 6. The molecule has 7 heteroatoms. The van der Waals surface area contributed by atoms with E-state index in [1.54, 1.807) is 12.0 Å². The van der Waals surface area contributed by atoms with Gasteiger partial charge in [0.05, 0.1) is 30.5 Å². The van der Waals surface area contributed by atoms with Crippen molar-refractivity contribution in [2.24, 2.45) is 0 Å². The van der Waals surface area contributed by atoms with Crippen LogP contribution in [0.15, 0.2) is 12.1 Å². The molecule has 7 nitrogen and oxygen atoms in total. The first-order valence-corrected chi connectivity index (χ1v) is 6.74. The van der Waals surface area contributed by atoms with Gasteiger partial charge in [-0.3, -0.25) is 4.79 Å². The van der Waals surface area contributed by atoms with Gasteiger partial charge < -0.3 is 29.9 Å². The van der Waals surface area contributed by atoms with Gasteiger partial charge in [-0.25, -0.2) is 0 Å². The number of carbonyl (C=O) groups is 1. The molecule has 114 valence electrons. The van der Waals surface area contributed by atoms with Crippen LogP contribution in [0.5, 0.6) is 11.5 Å². The third-order valence-corrected chi connectivity index (χ3v) is 4.03. The number of aliphatic hydroxyl groups is 1. The van der Waals surface area contributed by atoms with Gasteiger partial charge in [-0.15, -0.1) is 0 Å². The summed E-state index contributed by atoms with van der Waals surface area (Å²) in [4.78, 5) is 14.3. The fourth-order valence-electron chi connectivity index (χ4n) is 3.01. The van der Waals surface area contributed by atoms with Gasteiger partial charge in [-0.2, -0.15) is 0 Å². The summed E-state index contributed by atoms with van der Waals surface area (Å²) in [6.45, 7) is 0.271. The molecular weight excluding hydrogens is 276 g/mol. The summed E-state index contributed by atoms with van der Waals surface area (Å²) >= 11 is 0. The van der Waals surface area contributed by atoms with E-state index in [-0.39, 0.29) is 30.0 Å². The van der Waals surface area contributed by atoms with E-state index in [1.165, 1.54) is 19.2 Å². The number of phenols is 1. The van der Waals surface area contributed by atoms with Crippen LogP contribution in [-0.2, 0) is 4.74 Å². The SMILES string of the molecule is COc1cc2c(cc1O)N[C@@H](OC)[C@@H]1CC(O)CN1C2=O. The largest absolute Gasteiger partial charge is 0.504 e. The van der Waals surface area contributed by atoms with Gasteiger partial charge in [0, 0.05) is 19.7 Å². The van der Waals surface area contributed by atoms with Crippen molar-refractivity contribution in [1.29, 1.82) is 0 Å². The topological polar surface area (TPSA) is 91.3 Å². The lowest BCUT2D eigenvalue weighted by Crippen LogP contribution is -2.44. The zero-order valence-corrected chi connectivity index (χ0v) is 11.9. The number of carbonyl (C=O) groups excluding carboxylic acids is 1. The molecule has 1 unspecified atom stereocenters. The maximum atomic E-state index is 12.7. The standard InChI is InChI=1S/C14H18N2O5/c1-20-12-4-8-9(5-11(12)18)15-13(21-2)10-3-7(17)6-16(10)14(8)19/h4-5,7,10,13,15,17-18H,3,6H2,1-2H3/t7?,10-,13-/m0/s1. The quantitative estimate of drug-likeness (QED) is 0.730. The first kappa shape index (κ1) is 14.0. The summed E-state index contributed by atoms with van der Waals surface area (Å²) in [5.74, 6) is -0.0264. The summed E-state index contributed by atoms with van der Waals surface area (Å²) in [6, 6.07) is 2.70. The maximum Gasteiger partial charge on any atom is 0.256 e. The number of anilines is 1. The summed E-state index contributed by atoms with van der Waals surface area (Å²) in [7, 11) is 2.97. The van der Waals surface area contributed by atoms with Crippen molar-refractivity contribution in [2.45, 2.75) is 24.8 Å². The fraction of sp³-hybridized carbons (Fsp3) is 0.500. The molecule has 2 heterocycles. The summed E-state index contributed by atoms with van der Waals surface area (Å²) in [5, 5.41) is 22.8. The number of nitrogens with one attached hydrogen (secondary N) is 1. The summed E-state index contributed by atoms with van der Waals surface area (Å²) in [6.07, 6.45) is -0.548. The van der Waals surface area contributed by atoms with Crippen molar-refractivity contribution in [2.75, 3.05) is 26.1 Å². The lowest BCUT2D eigenvalue weighted by molar-refractivity contribution is 0.0420. The van der Waals surface area contributed by atoms with E-state index in [1.807, 2.05) is 0 Å². The predicted octanol–water partition coefficient (Wildman–Crippen LogP) is 0.374. The van der Waals surface area contributed by atoms with Gasteiger partial charge in [0.2, 0.25) is 0 Å². The Bertz CT molecular complexity index is 577. The Morgan fingerprint density at radius 1 is 1.38 bits per heavy atom. The highest BCUT2D eigenvalue weighted by atomic mass is 16.5. The molecule has 0 aliphatic carbocycles. The number of aromatic hydroxyl groups is 1. The highest BCUT2D eigenvalue weighted by Crippen LogP contribution is 2.37. The number of rotatable bonds is 2. The number of benzene rings is 1. The van der Waals surface area contributed by atoms with Gasteiger partial charge in [0.25, 0.3) is 5.91 Å². The number of amides is 1. The minimum absolute atomic E-state index is 0.0477. The number of fused-ring (bicyclic) bond motifs is 2. The van der Waals surface area contributed by atoms with Crippen molar-refractivity contribution in [1.82, 2.24) is 4.90 Å². The average Bonchev–Trinajstić information content (AvgIpc) is 2.81. The van der Waals surface area contributed by atoms with E-state index in [9.17, 15) is 15.0 Å². The Balaban J connectivity index is 2.08. The van der Waals surface area contributed by atoms with Crippen LogP contribution in [0.4, 0.5) is 5.69 Å². The summed E-state index contributed by atoms with van der Waals surface area (Å²) in [5.41, 5.74) is 0.886. The Kier molecular flexibility index (Phi) is 3.38. The molecular formula is C14H18N2O5. The normalized spacial score (nSPS) is 27.7. The van der Waals surface area contributed by atoms with E-state index in [4.69, 9.17) is 9.47 Å². The Morgan fingerprint density at radius 3 is 2.81 bits per heavy atom. The lowest BCUT2D eigenvalue weighted by Gasteiger charge is -2.27. The Labute approximate surface area is 122 Å². The molecule has 0 aromatic heterocycles. The van der Waals surface area contributed by atoms with Crippen LogP contribution >= 0.6 is 0 Å². The third-order valence-electron chi connectivity index (χ3n) is 4.03. The number of nitrogens with zero attached hydrogens (tertiary/aromatic N) is 1. The van der Waals surface area contributed by atoms with Gasteiger partial charge in [-0.05, 0) is 12.5 Å². The Morgan fingerprint density at radius 2 is 2.14 bits per heavy atom. The van der Waals surface area contributed by atoms with Crippen molar-refractivity contribution in [3.63, 3.8) is 0 Å². The van der Waals surface area contributed by atoms with Gasteiger partial charge in [0.1, 0.15) is 6.23 Å². The second-order valence-corrected chi connectivity index (χ2v) is 5.28.